The molecule has 5 fully saturated rings. The SMILES string of the molecule is C=O.CC.CC=O.CCCCC.CCN1CCC(CN2CCN(C(=O)C(NC(=O)c3cccc(C4CCCN(C(=O)C(C)(F)F)C4)c3)C3CCCCC3)CC2)CC1.CNCCNC.O=CN1CCN(C(=O)c2cc(Cc3n[nH]c(=O)c4ccccc34)ccc2F)CC1. The van der Waals surface area contributed by atoms with Gasteiger partial charge in [-0.1, -0.05) is 110 Å². The van der Waals surface area contributed by atoms with Crippen LogP contribution in [0.15, 0.2) is 71.5 Å². The minimum absolute atomic E-state index is 0.00390. The summed E-state index contributed by atoms with van der Waals surface area (Å²) in [7, 11) is 3.88. The number of fused-ring (bicyclic) bond motifs is 1. The van der Waals surface area contributed by atoms with Crippen LogP contribution in [0.2, 0.25) is 0 Å². The number of piperidine rings is 2. The molecule has 1 aromatic heterocycles. The lowest BCUT2D eigenvalue weighted by Crippen LogP contribution is -2.57. The number of aromatic nitrogens is 2. The van der Waals surface area contributed by atoms with Crippen molar-refractivity contribution in [3.63, 3.8) is 0 Å². The fraction of sp³-hybridized carbons (Fsp3) is 0.614. The number of carbonyl (C=O) groups is 7. The Kier molecular flexibility index (Phi) is 37.8. The molecule has 22 heteroatoms. The average Bonchev–Trinajstić information content (AvgIpc) is 1.46. The molecular weight excluding hydrogens is 1180 g/mol. The lowest BCUT2D eigenvalue weighted by molar-refractivity contribution is -0.156. The standard InChI is InChI=1S/C35H53F2N5O3.C21H19FN4O3.C5H12.C4H12N2.C2H4O.C2H6.CH2O/c1-3-39-17-14-26(15-18-39)24-40-19-21-41(22-20-40)33(44)31(27-9-5-4-6-10-27)38-32(43)29-12-7-11-28(23-29)30-13-8-16-42(25-30)34(45)35(2,36)37;22-18-6-5-14(11-17(18)21(29)26-9-7-25(13-27)8-10-26)12-19-15-3-1-2-4-16(15)20(28)24-23-19;1-3-5-4-2;1-5-3-4-6-2;1-2-3;2*1-2/h7,11-12,23,26-27,30-31H,3-6,8-10,13-22,24-25H2,1-2H3,(H,38,43);1-6,11,13H,7-10,12H2,(H,24,28);3-5H2,1-2H3;5-6H,3-4H2,1-2H3;2H,1H3;1-2H3;1H2. The largest absolute Gasteiger partial charge is 0.342 e. The van der Waals surface area contributed by atoms with Crippen LogP contribution in [0, 0.1) is 17.7 Å². The Morgan fingerprint density at radius 3 is 1.90 bits per heavy atom. The maximum atomic E-state index is 14.4. The Morgan fingerprint density at radius 1 is 0.728 bits per heavy atom. The molecule has 3 aromatic carbocycles. The van der Waals surface area contributed by atoms with E-state index >= 15 is 0 Å². The summed E-state index contributed by atoms with van der Waals surface area (Å²) < 4.78 is 41.9. The number of H-pyrrole nitrogens is 1. The Balaban J connectivity index is 0.000000399. The Hall–Kier alpha value is -6.88. The van der Waals surface area contributed by atoms with Crippen LogP contribution in [0.4, 0.5) is 13.2 Å². The van der Waals surface area contributed by atoms with Gasteiger partial charge in [-0.3, -0.25) is 33.7 Å². The Morgan fingerprint density at radius 2 is 1.34 bits per heavy atom. The van der Waals surface area contributed by atoms with E-state index in [0.717, 1.165) is 107 Å². The number of nitrogens with one attached hydrogen (secondary N) is 4. The fourth-order valence-electron chi connectivity index (χ4n) is 12.1. The van der Waals surface area contributed by atoms with Crippen molar-refractivity contribution in [3.05, 3.63) is 111 Å². The second-order valence-corrected chi connectivity index (χ2v) is 23.7. The zero-order valence-corrected chi connectivity index (χ0v) is 56.6. The number of rotatable bonds is 18. The summed E-state index contributed by atoms with van der Waals surface area (Å²) >= 11 is 0. The van der Waals surface area contributed by atoms with Gasteiger partial charge < -0.3 is 50.0 Å². The molecule has 9 rings (SSSR count). The molecule has 0 radical (unpaired) electrons. The zero-order chi connectivity index (χ0) is 68.0. The highest BCUT2D eigenvalue weighted by Crippen LogP contribution is 2.32. The summed E-state index contributed by atoms with van der Waals surface area (Å²) in [5.41, 5.74) is 2.40. The minimum Gasteiger partial charge on any atom is -0.342 e. The van der Waals surface area contributed by atoms with Gasteiger partial charge in [0.2, 0.25) is 12.3 Å². The molecule has 0 spiro atoms. The van der Waals surface area contributed by atoms with Gasteiger partial charge in [0, 0.05) is 115 Å². The average molecular weight is 1290 g/mol. The molecule has 2 atom stereocenters. The highest BCUT2D eigenvalue weighted by atomic mass is 19.3. The first-order chi connectivity index (χ1) is 44.4. The predicted molar refractivity (Wildman–Crippen MR) is 360 cm³/mol. The Bertz CT molecular complexity index is 2860. The van der Waals surface area contributed by atoms with Crippen LogP contribution in [-0.4, -0.2) is 213 Å². The van der Waals surface area contributed by atoms with Crippen LogP contribution in [0.25, 0.3) is 10.8 Å². The van der Waals surface area contributed by atoms with Gasteiger partial charge in [-0.2, -0.15) is 13.9 Å². The van der Waals surface area contributed by atoms with Crippen molar-refractivity contribution in [2.45, 2.75) is 150 Å². The van der Waals surface area contributed by atoms with Crippen molar-refractivity contribution in [2.24, 2.45) is 11.8 Å². The number of nitrogens with zero attached hydrogens (tertiary/aromatic N) is 7. The number of amides is 5. The molecule has 19 nitrogen and oxygen atoms in total. The molecule has 1 aliphatic carbocycles. The minimum atomic E-state index is -3.40. The van der Waals surface area contributed by atoms with Gasteiger partial charge in [0.15, 0.2) is 0 Å². The predicted octanol–water partition coefficient (Wildman–Crippen LogP) is 8.84. The zero-order valence-electron chi connectivity index (χ0n) is 56.6. The number of carbonyl (C=O) groups excluding carboxylic acids is 7. The summed E-state index contributed by atoms with van der Waals surface area (Å²) in [6, 6.07) is 18.3. The first kappa shape index (κ1) is 79.4. The monoisotopic (exact) mass is 1290 g/mol. The van der Waals surface area contributed by atoms with Gasteiger partial charge in [0.05, 0.1) is 16.6 Å². The smallest absolute Gasteiger partial charge is 0.322 e. The highest BCUT2D eigenvalue weighted by molar-refractivity contribution is 5.98. The maximum Gasteiger partial charge on any atom is 0.322 e. The number of alkyl halides is 2. The highest BCUT2D eigenvalue weighted by Gasteiger charge is 2.40. The summed E-state index contributed by atoms with van der Waals surface area (Å²) in [5.74, 6) is -5.05. The number of unbranched alkanes of at least 4 members (excludes halogenated alkanes) is 2. The number of likely N-dealkylation sites (tertiary alicyclic amines) is 2. The number of aldehydes is 1. The van der Waals surface area contributed by atoms with E-state index in [1.165, 1.54) is 69.2 Å². The summed E-state index contributed by atoms with van der Waals surface area (Å²) in [6.07, 6.45) is 15.0. The van der Waals surface area contributed by atoms with Crippen molar-refractivity contribution in [2.75, 3.05) is 119 Å². The van der Waals surface area contributed by atoms with E-state index in [0.29, 0.717) is 87.8 Å². The van der Waals surface area contributed by atoms with Crippen molar-refractivity contribution in [1.29, 1.82) is 0 Å². The molecule has 5 heterocycles. The van der Waals surface area contributed by atoms with Gasteiger partial charge in [-0.15, -0.1) is 0 Å². The van der Waals surface area contributed by atoms with Gasteiger partial charge in [0.25, 0.3) is 23.3 Å². The topological polar surface area (TPSA) is 221 Å². The number of hydrogen-bond donors (Lipinski definition) is 4. The molecule has 1 saturated carbocycles. The van der Waals surface area contributed by atoms with Crippen molar-refractivity contribution < 1.29 is 46.7 Å². The van der Waals surface area contributed by atoms with Crippen LogP contribution >= 0.6 is 0 Å². The summed E-state index contributed by atoms with van der Waals surface area (Å²) in [6.45, 7) is 26.7. The Labute approximate surface area is 545 Å². The number of benzene rings is 3. The quantitative estimate of drug-likeness (QED) is 0.0541. The molecule has 4 saturated heterocycles. The van der Waals surface area contributed by atoms with E-state index in [1.54, 1.807) is 34.1 Å². The van der Waals surface area contributed by atoms with E-state index < -0.39 is 29.6 Å². The fourth-order valence-corrected chi connectivity index (χ4v) is 12.1. The number of piperazine rings is 2. The molecule has 0 bridgehead atoms. The number of aromatic amines is 1. The van der Waals surface area contributed by atoms with E-state index in [-0.39, 0.29) is 41.3 Å². The summed E-state index contributed by atoms with van der Waals surface area (Å²) in [5, 5.41) is 17.0. The molecule has 2 unspecified atom stereocenters. The lowest BCUT2D eigenvalue weighted by atomic mass is 9.83. The molecule has 4 aliphatic heterocycles. The van der Waals surface area contributed by atoms with Gasteiger partial charge >= 0.3 is 5.92 Å². The normalized spacial score (nSPS) is 17.5. The number of hydrogen-bond acceptors (Lipinski definition) is 13. The van der Waals surface area contributed by atoms with E-state index in [1.807, 2.05) is 70.0 Å². The third kappa shape index (κ3) is 25.9. The molecule has 5 amide bonds. The van der Waals surface area contributed by atoms with Gasteiger partial charge in [-0.05, 0) is 132 Å². The molecule has 4 aromatic rings. The molecular formula is C70H108F3N11O8. The van der Waals surface area contributed by atoms with Crippen LogP contribution in [-0.2, 0) is 30.4 Å². The van der Waals surface area contributed by atoms with Crippen LogP contribution in [0.5, 0.6) is 0 Å². The van der Waals surface area contributed by atoms with E-state index in [9.17, 15) is 41.9 Å². The van der Waals surface area contributed by atoms with Gasteiger partial charge in [0.1, 0.15) is 24.9 Å². The van der Waals surface area contributed by atoms with Crippen molar-refractivity contribution in [3.8, 4) is 0 Å². The van der Waals surface area contributed by atoms with Crippen LogP contribution in [0.3, 0.4) is 0 Å². The molecule has 5 aliphatic rings. The van der Waals surface area contributed by atoms with E-state index in [2.05, 4.69) is 56.7 Å². The molecule has 92 heavy (non-hydrogen) atoms. The van der Waals surface area contributed by atoms with Gasteiger partial charge in [-0.25, -0.2) is 9.49 Å². The lowest BCUT2D eigenvalue weighted by Gasteiger charge is -2.40. The first-order valence-corrected chi connectivity index (χ1v) is 33.5. The number of halogens is 3. The first-order valence-electron chi connectivity index (χ1n) is 33.5. The maximum absolute atomic E-state index is 14.4. The van der Waals surface area contributed by atoms with Crippen molar-refractivity contribution >= 4 is 53.9 Å². The van der Waals surface area contributed by atoms with Crippen LogP contribution in [0.1, 0.15) is 169 Å². The third-order valence-corrected chi connectivity index (χ3v) is 17.2. The summed E-state index contributed by atoms with van der Waals surface area (Å²) in [4.78, 5) is 104. The molecule has 4 N–H and O–H groups in total. The second kappa shape index (κ2) is 43.9. The van der Waals surface area contributed by atoms with E-state index in [4.69, 9.17) is 9.59 Å². The third-order valence-electron chi connectivity index (χ3n) is 17.2. The molecule has 512 valence electrons. The van der Waals surface area contributed by atoms with Crippen LogP contribution < -0.4 is 21.5 Å². The van der Waals surface area contributed by atoms with Crippen molar-refractivity contribution in [1.82, 2.24) is 55.5 Å². The second-order valence-electron chi connectivity index (χ2n) is 23.7. The number of likely N-dealkylation sites (N-methyl/N-ethyl adjacent to an activating group) is 2.